The van der Waals surface area contributed by atoms with E-state index in [9.17, 15) is 0 Å². The maximum atomic E-state index is 5.44. The first kappa shape index (κ1) is 12.6. The summed E-state index contributed by atoms with van der Waals surface area (Å²) in [6, 6.07) is 3.64. The first-order chi connectivity index (χ1) is 10.9. The third-order valence-electron chi connectivity index (χ3n) is 3.29. The average molecular weight is 297 g/mol. The first-order valence-electron chi connectivity index (χ1n) is 6.51. The fourth-order valence-corrected chi connectivity index (χ4v) is 2.29. The van der Waals surface area contributed by atoms with E-state index in [1.807, 2.05) is 12.1 Å². The minimum atomic E-state index is 0.173. The van der Waals surface area contributed by atoms with Crippen LogP contribution < -0.4 is 14.2 Å². The second-order valence-corrected chi connectivity index (χ2v) is 4.54. The van der Waals surface area contributed by atoms with Crippen molar-refractivity contribution in [1.29, 1.82) is 0 Å². The number of ether oxygens (including phenoxy) is 3. The molecule has 0 amide bonds. The zero-order valence-corrected chi connectivity index (χ0v) is 11.6. The van der Waals surface area contributed by atoms with E-state index in [1.54, 1.807) is 30.4 Å². The lowest BCUT2D eigenvalue weighted by molar-refractivity contribution is 0.171. The molecule has 1 aromatic carbocycles. The predicted molar refractivity (Wildman–Crippen MR) is 75.1 cm³/mol. The van der Waals surface area contributed by atoms with Gasteiger partial charge in [-0.25, -0.2) is 14.6 Å². The van der Waals surface area contributed by atoms with Crippen molar-refractivity contribution in [2.45, 2.75) is 0 Å². The minimum absolute atomic E-state index is 0.173. The van der Waals surface area contributed by atoms with E-state index < -0.39 is 0 Å². The highest BCUT2D eigenvalue weighted by atomic mass is 16.7. The van der Waals surface area contributed by atoms with Gasteiger partial charge in [0.25, 0.3) is 0 Å². The normalized spacial score (nSPS) is 12.4. The molecule has 22 heavy (non-hydrogen) atoms. The van der Waals surface area contributed by atoms with Crippen LogP contribution in [0.4, 0.5) is 0 Å². The van der Waals surface area contributed by atoms with E-state index in [2.05, 4.69) is 20.3 Å². The number of hydrogen-bond donors (Lipinski definition) is 0. The van der Waals surface area contributed by atoms with Crippen LogP contribution in [-0.4, -0.2) is 38.9 Å². The van der Waals surface area contributed by atoms with Crippen LogP contribution in [0.3, 0.4) is 0 Å². The molecule has 2 aromatic heterocycles. The molecule has 8 heteroatoms. The summed E-state index contributed by atoms with van der Waals surface area (Å²) < 4.78 is 17.9. The number of hydrogen-bond acceptors (Lipinski definition) is 7. The molecule has 0 bridgehead atoms. The standard InChI is InChI=1S/C14H11N5O3/c1-20-12-2-10(3-13-14(12)22-8-21-13)19-11(6-17-18-19)9-4-15-7-16-5-9/h2-7H,8H2,1H3. The fraction of sp³-hybridized carbons (Fsp3) is 0.143. The Balaban J connectivity index is 1.86. The predicted octanol–water partition coefficient (Wildman–Crippen LogP) is 1.46. The lowest BCUT2D eigenvalue weighted by Gasteiger charge is -2.10. The van der Waals surface area contributed by atoms with Gasteiger partial charge >= 0.3 is 0 Å². The van der Waals surface area contributed by atoms with Gasteiger partial charge in [-0.2, -0.15) is 0 Å². The van der Waals surface area contributed by atoms with Gasteiger partial charge < -0.3 is 14.2 Å². The van der Waals surface area contributed by atoms with Crippen LogP contribution in [-0.2, 0) is 0 Å². The van der Waals surface area contributed by atoms with E-state index >= 15 is 0 Å². The number of fused-ring (bicyclic) bond motifs is 1. The smallest absolute Gasteiger partial charge is 0.231 e. The van der Waals surface area contributed by atoms with E-state index in [0.717, 1.165) is 16.9 Å². The highest BCUT2D eigenvalue weighted by Crippen LogP contribution is 2.43. The molecule has 0 aliphatic carbocycles. The molecule has 0 atom stereocenters. The first-order valence-corrected chi connectivity index (χ1v) is 6.51. The van der Waals surface area contributed by atoms with Gasteiger partial charge in [0, 0.05) is 30.1 Å². The lowest BCUT2D eigenvalue weighted by atomic mass is 10.2. The largest absolute Gasteiger partial charge is 0.493 e. The molecule has 4 rings (SSSR count). The van der Waals surface area contributed by atoms with Crippen molar-refractivity contribution in [2.24, 2.45) is 0 Å². The van der Waals surface area contributed by atoms with Gasteiger partial charge in [-0.15, -0.1) is 5.10 Å². The van der Waals surface area contributed by atoms with E-state index in [-0.39, 0.29) is 6.79 Å². The van der Waals surface area contributed by atoms with Gasteiger partial charge in [0.05, 0.1) is 24.7 Å². The third kappa shape index (κ3) is 1.93. The zero-order chi connectivity index (χ0) is 14.9. The molecule has 0 saturated carbocycles. The lowest BCUT2D eigenvalue weighted by Crippen LogP contribution is -2.00. The molecule has 0 spiro atoms. The molecule has 0 unspecified atom stereocenters. The summed E-state index contributed by atoms with van der Waals surface area (Å²) in [6.07, 6.45) is 6.52. The molecular formula is C14H11N5O3. The number of benzene rings is 1. The van der Waals surface area contributed by atoms with Crippen molar-refractivity contribution >= 4 is 0 Å². The van der Waals surface area contributed by atoms with Gasteiger partial charge in [0.2, 0.25) is 12.5 Å². The Morgan fingerprint density at radius 3 is 2.82 bits per heavy atom. The fourth-order valence-electron chi connectivity index (χ4n) is 2.29. The second-order valence-electron chi connectivity index (χ2n) is 4.54. The molecule has 1 aliphatic rings. The summed E-state index contributed by atoms with van der Waals surface area (Å²) in [5.41, 5.74) is 2.32. The summed E-state index contributed by atoms with van der Waals surface area (Å²) in [5.74, 6) is 1.78. The van der Waals surface area contributed by atoms with Crippen LogP contribution in [0.15, 0.2) is 37.1 Å². The Labute approximate surface area is 125 Å². The van der Waals surface area contributed by atoms with Gasteiger partial charge in [0.15, 0.2) is 11.5 Å². The Morgan fingerprint density at radius 1 is 1.14 bits per heavy atom. The Morgan fingerprint density at radius 2 is 2.00 bits per heavy atom. The van der Waals surface area contributed by atoms with Crippen LogP contribution in [0.2, 0.25) is 0 Å². The SMILES string of the molecule is COc1cc(-n2nncc2-c2cncnc2)cc2c1OCO2. The van der Waals surface area contributed by atoms with Crippen LogP contribution in [0.25, 0.3) is 16.9 Å². The molecule has 0 radical (unpaired) electrons. The summed E-state index contributed by atoms with van der Waals surface area (Å²) in [6.45, 7) is 0.173. The summed E-state index contributed by atoms with van der Waals surface area (Å²) in [5, 5.41) is 8.09. The Hall–Kier alpha value is -3.16. The monoisotopic (exact) mass is 297 g/mol. The van der Waals surface area contributed by atoms with Crippen molar-refractivity contribution in [3.05, 3.63) is 37.1 Å². The molecule has 0 N–H and O–H groups in total. The van der Waals surface area contributed by atoms with Crippen LogP contribution in [0.1, 0.15) is 0 Å². The summed E-state index contributed by atoms with van der Waals surface area (Å²) in [7, 11) is 1.58. The van der Waals surface area contributed by atoms with Crippen LogP contribution >= 0.6 is 0 Å². The van der Waals surface area contributed by atoms with E-state index in [0.29, 0.717) is 17.2 Å². The highest BCUT2D eigenvalue weighted by Gasteiger charge is 2.22. The number of aromatic nitrogens is 5. The topological polar surface area (TPSA) is 84.2 Å². The molecule has 3 heterocycles. The van der Waals surface area contributed by atoms with E-state index in [4.69, 9.17) is 14.2 Å². The van der Waals surface area contributed by atoms with Gasteiger partial charge in [-0.3, -0.25) is 0 Å². The summed E-state index contributed by atoms with van der Waals surface area (Å²) in [4.78, 5) is 8.04. The van der Waals surface area contributed by atoms with Crippen LogP contribution in [0, 0.1) is 0 Å². The third-order valence-corrected chi connectivity index (χ3v) is 3.29. The quantitative estimate of drug-likeness (QED) is 0.723. The Kier molecular flexibility index (Phi) is 2.85. The minimum Gasteiger partial charge on any atom is -0.493 e. The van der Waals surface area contributed by atoms with Crippen molar-refractivity contribution in [2.75, 3.05) is 13.9 Å². The van der Waals surface area contributed by atoms with Crippen LogP contribution in [0.5, 0.6) is 17.2 Å². The maximum absolute atomic E-state index is 5.44. The molecule has 3 aromatic rings. The molecule has 0 saturated heterocycles. The maximum Gasteiger partial charge on any atom is 0.231 e. The molecule has 110 valence electrons. The van der Waals surface area contributed by atoms with Crippen molar-refractivity contribution in [1.82, 2.24) is 25.0 Å². The van der Waals surface area contributed by atoms with Gasteiger partial charge in [-0.1, -0.05) is 5.21 Å². The highest BCUT2D eigenvalue weighted by molar-refractivity contribution is 5.63. The average Bonchev–Trinajstić information content (AvgIpc) is 3.23. The van der Waals surface area contributed by atoms with Gasteiger partial charge in [0.1, 0.15) is 6.33 Å². The van der Waals surface area contributed by atoms with Crippen molar-refractivity contribution in [3.8, 4) is 34.2 Å². The molecular weight excluding hydrogens is 286 g/mol. The van der Waals surface area contributed by atoms with Crippen molar-refractivity contribution < 1.29 is 14.2 Å². The number of methoxy groups -OCH3 is 1. The zero-order valence-electron chi connectivity index (χ0n) is 11.6. The van der Waals surface area contributed by atoms with Gasteiger partial charge in [-0.05, 0) is 0 Å². The molecule has 8 nitrogen and oxygen atoms in total. The Bertz CT molecular complexity index is 819. The van der Waals surface area contributed by atoms with E-state index in [1.165, 1.54) is 6.33 Å². The molecule has 0 fully saturated rings. The van der Waals surface area contributed by atoms with Crippen molar-refractivity contribution in [3.63, 3.8) is 0 Å². The second kappa shape index (κ2) is 4.99. The number of rotatable bonds is 3. The number of nitrogens with zero attached hydrogens (tertiary/aromatic N) is 5. The summed E-state index contributed by atoms with van der Waals surface area (Å²) >= 11 is 0. The molecule has 1 aliphatic heterocycles.